The van der Waals surface area contributed by atoms with Crippen molar-refractivity contribution in [3.63, 3.8) is 0 Å². The smallest absolute Gasteiger partial charge is 0.339 e. The van der Waals surface area contributed by atoms with Crippen molar-refractivity contribution in [3.8, 4) is 0 Å². The predicted molar refractivity (Wildman–Crippen MR) is 113 cm³/mol. The maximum atomic E-state index is 12.7. The molecule has 30 heavy (non-hydrogen) atoms. The number of rotatable bonds is 7. The van der Waals surface area contributed by atoms with E-state index in [-0.39, 0.29) is 24.5 Å². The quantitative estimate of drug-likeness (QED) is 0.520. The Balaban J connectivity index is 1.92. The Morgan fingerprint density at radius 1 is 1.00 bits per heavy atom. The van der Waals surface area contributed by atoms with Gasteiger partial charge in [-0.15, -0.1) is 11.8 Å². The van der Waals surface area contributed by atoms with Crippen LogP contribution in [0.15, 0.2) is 70.8 Å². The topological polar surface area (TPSA) is 93.7 Å². The summed E-state index contributed by atoms with van der Waals surface area (Å²) in [5.74, 6) is -1.13. The zero-order valence-electron chi connectivity index (χ0n) is 16.6. The molecule has 0 radical (unpaired) electrons. The van der Waals surface area contributed by atoms with Crippen molar-refractivity contribution >= 4 is 29.7 Å². The molecule has 0 saturated carbocycles. The molecule has 0 saturated heterocycles. The standard InChI is InChI=1S/C22H22N2O5S/c1-3-28-21(26)18-16(13-29-20(25)15-11-7-8-12-17(15)30-2)23-22(27)24-19(18)14-9-5-4-6-10-14/h4-12,19H,3,13H2,1-2H3,(H2,23,24,27)/t19-/m1/s1. The van der Waals surface area contributed by atoms with E-state index in [1.807, 2.05) is 36.6 Å². The van der Waals surface area contributed by atoms with Gasteiger partial charge in [0.25, 0.3) is 0 Å². The van der Waals surface area contributed by atoms with Crippen LogP contribution in [-0.2, 0) is 14.3 Å². The summed E-state index contributed by atoms with van der Waals surface area (Å²) in [5.41, 5.74) is 1.53. The van der Waals surface area contributed by atoms with Gasteiger partial charge in [-0.2, -0.15) is 0 Å². The van der Waals surface area contributed by atoms with Crippen LogP contribution < -0.4 is 10.6 Å². The van der Waals surface area contributed by atoms with E-state index in [0.29, 0.717) is 11.1 Å². The van der Waals surface area contributed by atoms with Crippen molar-refractivity contribution < 1.29 is 23.9 Å². The van der Waals surface area contributed by atoms with E-state index in [4.69, 9.17) is 9.47 Å². The summed E-state index contributed by atoms with van der Waals surface area (Å²) >= 11 is 1.43. The van der Waals surface area contributed by atoms with Crippen LogP contribution >= 0.6 is 11.8 Å². The van der Waals surface area contributed by atoms with Crippen molar-refractivity contribution in [3.05, 3.63) is 77.0 Å². The minimum absolute atomic E-state index is 0.173. The molecule has 3 rings (SSSR count). The summed E-state index contributed by atoms with van der Waals surface area (Å²) in [6.45, 7) is 1.60. The van der Waals surface area contributed by atoms with Crippen LogP contribution in [-0.4, -0.2) is 37.4 Å². The molecule has 1 aliphatic heterocycles. The minimum Gasteiger partial charge on any atom is -0.463 e. The van der Waals surface area contributed by atoms with Gasteiger partial charge in [0.05, 0.1) is 29.5 Å². The Bertz CT molecular complexity index is 975. The fraction of sp³-hybridized carbons (Fsp3) is 0.227. The van der Waals surface area contributed by atoms with Gasteiger partial charge in [-0.1, -0.05) is 42.5 Å². The number of esters is 2. The third-order valence-electron chi connectivity index (χ3n) is 4.46. The van der Waals surface area contributed by atoms with E-state index >= 15 is 0 Å². The van der Waals surface area contributed by atoms with E-state index in [2.05, 4.69) is 10.6 Å². The lowest BCUT2D eigenvalue weighted by atomic mass is 9.95. The Morgan fingerprint density at radius 2 is 1.70 bits per heavy atom. The van der Waals surface area contributed by atoms with Gasteiger partial charge < -0.3 is 20.1 Å². The Labute approximate surface area is 178 Å². The molecule has 1 aliphatic rings. The highest BCUT2D eigenvalue weighted by Gasteiger charge is 2.34. The maximum Gasteiger partial charge on any atom is 0.339 e. The van der Waals surface area contributed by atoms with Crippen LogP contribution in [0.4, 0.5) is 4.79 Å². The molecule has 1 atom stereocenters. The average Bonchev–Trinajstić information content (AvgIpc) is 2.77. The van der Waals surface area contributed by atoms with Crippen LogP contribution in [0.2, 0.25) is 0 Å². The van der Waals surface area contributed by atoms with Crippen molar-refractivity contribution in [1.29, 1.82) is 0 Å². The van der Waals surface area contributed by atoms with Crippen LogP contribution in [0, 0.1) is 0 Å². The summed E-state index contributed by atoms with van der Waals surface area (Å²) in [4.78, 5) is 38.3. The first-order valence-electron chi connectivity index (χ1n) is 9.38. The molecular formula is C22H22N2O5S. The number of nitrogens with one attached hydrogen (secondary N) is 2. The average molecular weight is 426 g/mol. The van der Waals surface area contributed by atoms with Gasteiger partial charge in [0, 0.05) is 4.90 Å². The number of ether oxygens (including phenoxy) is 2. The molecule has 8 heteroatoms. The Kier molecular flexibility index (Phi) is 7.13. The lowest BCUT2D eigenvalue weighted by molar-refractivity contribution is -0.139. The molecule has 2 aromatic carbocycles. The van der Waals surface area contributed by atoms with Gasteiger partial charge >= 0.3 is 18.0 Å². The largest absolute Gasteiger partial charge is 0.463 e. The van der Waals surface area contributed by atoms with Gasteiger partial charge in [0.15, 0.2) is 0 Å². The number of hydrogen-bond donors (Lipinski definition) is 2. The van der Waals surface area contributed by atoms with Gasteiger partial charge in [0.2, 0.25) is 0 Å². The van der Waals surface area contributed by atoms with Crippen molar-refractivity contribution in [1.82, 2.24) is 10.6 Å². The van der Waals surface area contributed by atoms with Gasteiger partial charge in [0.1, 0.15) is 6.61 Å². The van der Waals surface area contributed by atoms with Crippen molar-refractivity contribution in [2.45, 2.75) is 17.9 Å². The van der Waals surface area contributed by atoms with Crippen LogP contribution in [0.5, 0.6) is 0 Å². The van der Waals surface area contributed by atoms with E-state index in [1.54, 1.807) is 31.2 Å². The Morgan fingerprint density at radius 3 is 2.40 bits per heavy atom. The molecule has 2 aromatic rings. The van der Waals surface area contributed by atoms with E-state index in [1.165, 1.54) is 11.8 Å². The number of thioether (sulfide) groups is 1. The van der Waals surface area contributed by atoms with Crippen molar-refractivity contribution in [2.75, 3.05) is 19.5 Å². The number of benzene rings is 2. The predicted octanol–water partition coefficient (Wildman–Crippen LogP) is 3.44. The summed E-state index contributed by atoms with van der Waals surface area (Å²) in [6.07, 6.45) is 1.87. The van der Waals surface area contributed by atoms with E-state index in [9.17, 15) is 14.4 Å². The van der Waals surface area contributed by atoms with Crippen LogP contribution in [0.25, 0.3) is 0 Å². The van der Waals surface area contributed by atoms with Crippen molar-refractivity contribution in [2.24, 2.45) is 0 Å². The van der Waals surface area contributed by atoms with Crippen LogP contribution in [0.3, 0.4) is 0 Å². The van der Waals surface area contributed by atoms with Gasteiger partial charge in [-0.25, -0.2) is 14.4 Å². The molecular weight excluding hydrogens is 404 g/mol. The first-order valence-corrected chi connectivity index (χ1v) is 10.6. The first kappa shape index (κ1) is 21.4. The highest BCUT2D eigenvalue weighted by atomic mass is 32.2. The monoisotopic (exact) mass is 426 g/mol. The second-order valence-electron chi connectivity index (χ2n) is 6.33. The fourth-order valence-corrected chi connectivity index (χ4v) is 3.69. The van der Waals surface area contributed by atoms with Gasteiger partial charge in [-0.05, 0) is 30.9 Å². The zero-order chi connectivity index (χ0) is 21.5. The number of hydrogen-bond acceptors (Lipinski definition) is 6. The highest BCUT2D eigenvalue weighted by Crippen LogP contribution is 2.28. The van der Waals surface area contributed by atoms with E-state index in [0.717, 1.165) is 4.90 Å². The third-order valence-corrected chi connectivity index (χ3v) is 5.25. The molecule has 0 bridgehead atoms. The number of urea groups is 1. The number of carbonyl (C=O) groups is 3. The molecule has 156 valence electrons. The summed E-state index contributed by atoms with van der Waals surface area (Å²) in [7, 11) is 0. The molecule has 2 N–H and O–H groups in total. The fourth-order valence-electron chi connectivity index (χ4n) is 3.11. The SMILES string of the molecule is CCOC(=O)C1=C(COC(=O)c2ccccc2SC)NC(=O)N[C@@H]1c1ccccc1. The highest BCUT2D eigenvalue weighted by molar-refractivity contribution is 7.98. The summed E-state index contributed by atoms with van der Waals surface area (Å²) in [5, 5.41) is 5.32. The normalized spacial score (nSPS) is 15.8. The summed E-state index contributed by atoms with van der Waals surface area (Å²) < 4.78 is 10.6. The lowest BCUT2D eigenvalue weighted by Gasteiger charge is -2.29. The summed E-state index contributed by atoms with van der Waals surface area (Å²) in [6, 6.07) is 14.9. The molecule has 0 unspecified atom stereocenters. The zero-order valence-corrected chi connectivity index (χ0v) is 17.5. The third kappa shape index (κ3) is 4.83. The molecule has 0 fully saturated rings. The molecule has 7 nitrogen and oxygen atoms in total. The first-order chi connectivity index (χ1) is 14.5. The second-order valence-corrected chi connectivity index (χ2v) is 7.18. The molecule has 0 aliphatic carbocycles. The van der Waals surface area contributed by atoms with E-state index < -0.39 is 24.0 Å². The van der Waals surface area contributed by atoms with Gasteiger partial charge in [-0.3, -0.25) is 0 Å². The molecule has 2 amide bonds. The maximum absolute atomic E-state index is 12.7. The molecule has 1 heterocycles. The second kappa shape index (κ2) is 9.98. The number of carbonyl (C=O) groups excluding carboxylic acids is 3. The number of amides is 2. The Hall–Kier alpha value is -3.26. The lowest BCUT2D eigenvalue weighted by Crippen LogP contribution is -2.47. The van der Waals surface area contributed by atoms with Crippen LogP contribution in [0.1, 0.15) is 28.9 Å². The molecule has 0 spiro atoms. The molecule has 0 aromatic heterocycles. The minimum atomic E-state index is -0.716.